The van der Waals surface area contributed by atoms with Crippen LogP contribution >= 0.6 is 0 Å². The molecule has 0 spiro atoms. The SMILES string of the molecule is O=C(N1CCCCC1)N1CCC(O)(Cc2ccccc2)CC1. The van der Waals surface area contributed by atoms with Gasteiger partial charge in [0, 0.05) is 32.6 Å². The van der Waals surface area contributed by atoms with Crippen LogP contribution in [0.4, 0.5) is 4.79 Å². The van der Waals surface area contributed by atoms with Gasteiger partial charge in [-0.25, -0.2) is 4.79 Å². The maximum Gasteiger partial charge on any atom is 0.320 e. The summed E-state index contributed by atoms with van der Waals surface area (Å²) in [6.07, 6.45) is 5.50. The third-order valence-electron chi connectivity index (χ3n) is 4.97. The molecule has 2 fully saturated rings. The molecule has 1 N–H and O–H groups in total. The lowest BCUT2D eigenvalue weighted by atomic mass is 9.85. The third-order valence-corrected chi connectivity index (χ3v) is 4.97. The Morgan fingerprint density at radius 3 is 2.18 bits per heavy atom. The van der Waals surface area contributed by atoms with Crippen molar-refractivity contribution >= 4 is 6.03 Å². The van der Waals surface area contributed by atoms with Gasteiger partial charge in [-0.1, -0.05) is 30.3 Å². The molecular formula is C18H26N2O2. The van der Waals surface area contributed by atoms with E-state index in [1.54, 1.807) is 0 Å². The Hall–Kier alpha value is -1.55. The van der Waals surface area contributed by atoms with Crippen molar-refractivity contribution in [2.24, 2.45) is 0 Å². The number of hydrogen-bond acceptors (Lipinski definition) is 2. The zero-order valence-electron chi connectivity index (χ0n) is 13.2. The minimum absolute atomic E-state index is 0.168. The van der Waals surface area contributed by atoms with E-state index in [1.807, 2.05) is 28.0 Å². The first kappa shape index (κ1) is 15.3. The topological polar surface area (TPSA) is 43.8 Å². The Morgan fingerprint density at radius 1 is 0.955 bits per heavy atom. The Kier molecular flexibility index (Phi) is 4.67. The molecule has 0 unspecified atom stereocenters. The van der Waals surface area contributed by atoms with Gasteiger partial charge in [0.25, 0.3) is 0 Å². The van der Waals surface area contributed by atoms with Gasteiger partial charge in [-0.05, 0) is 37.7 Å². The lowest BCUT2D eigenvalue weighted by molar-refractivity contribution is -0.0151. The van der Waals surface area contributed by atoms with Gasteiger partial charge in [0.15, 0.2) is 0 Å². The molecule has 2 amide bonds. The number of urea groups is 1. The quantitative estimate of drug-likeness (QED) is 0.913. The minimum Gasteiger partial charge on any atom is -0.389 e. The summed E-state index contributed by atoms with van der Waals surface area (Å²) >= 11 is 0. The second-order valence-corrected chi connectivity index (χ2v) is 6.70. The molecule has 4 heteroatoms. The Morgan fingerprint density at radius 2 is 1.55 bits per heavy atom. The molecule has 0 aromatic heterocycles. The number of hydrogen-bond donors (Lipinski definition) is 1. The molecule has 1 aromatic carbocycles. The van der Waals surface area contributed by atoms with E-state index in [2.05, 4.69) is 12.1 Å². The van der Waals surface area contributed by atoms with Gasteiger partial charge in [-0.3, -0.25) is 0 Å². The van der Waals surface area contributed by atoms with Crippen LogP contribution in [-0.2, 0) is 6.42 Å². The van der Waals surface area contributed by atoms with E-state index in [9.17, 15) is 9.90 Å². The number of piperidine rings is 2. The number of rotatable bonds is 2. The van der Waals surface area contributed by atoms with E-state index in [0.29, 0.717) is 32.4 Å². The molecule has 2 saturated heterocycles. The smallest absolute Gasteiger partial charge is 0.320 e. The monoisotopic (exact) mass is 302 g/mol. The highest BCUT2D eigenvalue weighted by Crippen LogP contribution is 2.27. The van der Waals surface area contributed by atoms with Crippen LogP contribution in [0.1, 0.15) is 37.7 Å². The highest BCUT2D eigenvalue weighted by molar-refractivity contribution is 5.74. The van der Waals surface area contributed by atoms with Crippen molar-refractivity contribution in [3.63, 3.8) is 0 Å². The standard InChI is InChI=1S/C18H26N2O2/c21-17(19-11-5-2-6-12-19)20-13-9-18(22,10-14-20)15-16-7-3-1-4-8-16/h1,3-4,7-8,22H,2,5-6,9-15H2. The number of carbonyl (C=O) groups is 1. The molecule has 0 atom stereocenters. The second kappa shape index (κ2) is 6.69. The molecule has 22 heavy (non-hydrogen) atoms. The molecule has 120 valence electrons. The highest BCUT2D eigenvalue weighted by atomic mass is 16.3. The van der Waals surface area contributed by atoms with Gasteiger partial charge in [0.1, 0.15) is 0 Å². The summed E-state index contributed by atoms with van der Waals surface area (Å²) in [5.74, 6) is 0. The average molecular weight is 302 g/mol. The molecule has 2 aliphatic rings. The highest BCUT2D eigenvalue weighted by Gasteiger charge is 2.35. The maximum absolute atomic E-state index is 12.5. The maximum atomic E-state index is 12.5. The third kappa shape index (κ3) is 3.61. The summed E-state index contributed by atoms with van der Waals surface area (Å²) in [6, 6.07) is 10.3. The van der Waals surface area contributed by atoms with Crippen LogP contribution in [0.15, 0.2) is 30.3 Å². The van der Waals surface area contributed by atoms with E-state index >= 15 is 0 Å². The van der Waals surface area contributed by atoms with E-state index < -0.39 is 5.60 Å². The van der Waals surface area contributed by atoms with Crippen molar-refractivity contribution in [1.29, 1.82) is 0 Å². The van der Waals surface area contributed by atoms with Gasteiger partial charge in [-0.2, -0.15) is 0 Å². The van der Waals surface area contributed by atoms with Crippen LogP contribution in [-0.4, -0.2) is 52.7 Å². The second-order valence-electron chi connectivity index (χ2n) is 6.70. The fourth-order valence-electron chi connectivity index (χ4n) is 3.55. The number of aliphatic hydroxyl groups is 1. The average Bonchev–Trinajstić information content (AvgIpc) is 2.56. The molecule has 0 bridgehead atoms. The van der Waals surface area contributed by atoms with E-state index in [1.165, 1.54) is 12.0 Å². The van der Waals surface area contributed by atoms with Crippen molar-refractivity contribution in [2.75, 3.05) is 26.2 Å². The molecule has 2 aliphatic heterocycles. The van der Waals surface area contributed by atoms with Gasteiger partial charge in [-0.15, -0.1) is 0 Å². The molecule has 0 aliphatic carbocycles. The molecular weight excluding hydrogens is 276 g/mol. The molecule has 4 nitrogen and oxygen atoms in total. The van der Waals surface area contributed by atoms with Crippen LogP contribution in [0.25, 0.3) is 0 Å². The van der Waals surface area contributed by atoms with Crippen LogP contribution in [0.3, 0.4) is 0 Å². The van der Waals surface area contributed by atoms with Crippen molar-refractivity contribution in [3.8, 4) is 0 Å². The van der Waals surface area contributed by atoms with Crippen molar-refractivity contribution in [3.05, 3.63) is 35.9 Å². The number of likely N-dealkylation sites (tertiary alicyclic amines) is 2. The van der Waals surface area contributed by atoms with Gasteiger partial charge in [0.05, 0.1) is 5.60 Å². The lowest BCUT2D eigenvalue weighted by Gasteiger charge is -2.41. The Labute approximate surface area is 132 Å². The molecule has 3 rings (SSSR count). The lowest BCUT2D eigenvalue weighted by Crippen LogP contribution is -2.52. The Balaban J connectivity index is 1.54. The summed E-state index contributed by atoms with van der Waals surface area (Å²) < 4.78 is 0. The first-order chi connectivity index (χ1) is 10.7. The van der Waals surface area contributed by atoms with Crippen molar-refractivity contribution in [1.82, 2.24) is 9.80 Å². The summed E-state index contributed by atoms with van der Waals surface area (Å²) in [7, 11) is 0. The normalized spacial score (nSPS) is 21.7. The van der Waals surface area contributed by atoms with E-state index in [-0.39, 0.29) is 6.03 Å². The zero-order chi connectivity index (χ0) is 15.4. The van der Waals surface area contributed by atoms with Gasteiger partial charge in [0.2, 0.25) is 0 Å². The molecule has 2 heterocycles. The fraction of sp³-hybridized carbons (Fsp3) is 0.611. The predicted molar refractivity (Wildman–Crippen MR) is 86.7 cm³/mol. The van der Waals surface area contributed by atoms with Crippen LogP contribution in [0.5, 0.6) is 0 Å². The number of carbonyl (C=O) groups excluding carboxylic acids is 1. The van der Waals surface area contributed by atoms with E-state index in [4.69, 9.17) is 0 Å². The first-order valence-corrected chi connectivity index (χ1v) is 8.46. The predicted octanol–water partition coefficient (Wildman–Crippen LogP) is 2.66. The van der Waals surface area contributed by atoms with Crippen LogP contribution in [0.2, 0.25) is 0 Å². The van der Waals surface area contributed by atoms with Crippen molar-refractivity contribution < 1.29 is 9.90 Å². The van der Waals surface area contributed by atoms with Crippen LogP contribution < -0.4 is 0 Å². The van der Waals surface area contributed by atoms with Gasteiger partial charge < -0.3 is 14.9 Å². The summed E-state index contributed by atoms with van der Waals surface area (Å²) in [5, 5.41) is 10.8. The molecule has 1 aromatic rings. The largest absolute Gasteiger partial charge is 0.389 e. The summed E-state index contributed by atoms with van der Waals surface area (Å²) in [6.45, 7) is 3.12. The minimum atomic E-state index is -0.667. The number of amides is 2. The Bertz CT molecular complexity index is 489. The summed E-state index contributed by atoms with van der Waals surface area (Å²) in [4.78, 5) is 16.4. The van der Waals surface area contributed by atoms with E-state index in [0.717, 1.165) is 25.9 Å². The zero-order valence-corrected chi connectivity index (χ0v) is 13.2. The number of nitrogens with zero attached hydrogens (tertiary/aromatic N) is 2. The van der Waals surface area contributed by atoms with Crippen LogP contribution in [0, 0.1) is 0 Å². The summed E-state index contributed by atoms with van der Waals surface area (Å²) in [5.41, 5.74) is 0.501. The number of benzene rings is 1. The molecule has 0 radical (unpaired) electrons. The van der Waals surface area contributed by atoms with Crippen molar-refractivity contribution in [2.45, 2.75) is 44.1 Å². The first-order valence-electron chi connectivity index (χ1n) is 8.46. The van der Waals surface area contributed by atoms with Gasteiger partial charge >= 0.3 is 6.03 Å². The fourth-order valence-corrected chi connectivity index (χ4v) is 3.55. The molecule has 0 saturated carbocycles.